The molecule has 0 aromatic heterocycles. The van der Waals surface area contributed by atoms with Crippen molar-refractivity contribution >= 4 is 28.7 Å². The van der Waals surface area contributed by atoms with Gasteiger partial charge in [0.25, 0.3) is 0 Å². The van der Waals surface area contributed by atoms with Gasteiger partial charge >= 0.3 is 6.09 Å². The Kier molecular flexibility index (Phi) is 6.77. The Morgan fingerprint density at radius 3 is 2.48 bits per heavy atom. The van der Waals surface area contributed by atoms with E-state index >= 15 is 0 Å². The van der Waals surface area contributed by atoms with Gasteiger partial charge in [-0.2, -0.15) is 0 Å². The summed E-state index contributed by atoms with van der Waals surface area (Å²) in [6.45, 7) is 8.91. The number of benzene rings is 1. The molecule has 1 rings (SSSR count). The van der Waals surface area contributed by atoms with Crippen LogP contribution in [0.15, 0.2) is 18.2 Å². The molecule has 0 spiro atoms. The zero-order valence-corrected chi connectivity index (χ0v) is 15.6. The lowest BCUT2D eigenvalue weighted by molar-refractivity contribution is 0.0233. The van der Waals surface area contributed by atoms with Crippen molar-refractivity contribution in [3.05, 3.63) is 27.3 Å². The first-order valence-electron chi connectivity index (χ1n) is 7.07. The number of ether oxygens (including phenoxy) is 2. The Labute approximate surface area is 140 Å². The Hall–Kier alpha value is -0.980. The maximum absolute atomic E-state index is 12.2. The molecule has 0 saturated carbocycles. The second kappa shape index (κ2) is 7.87. The Morgan fingerprint density at radius 2 is 2.00 bits per heavy atom. The van der Waals surface area contributed by atoms with Crippen LogP contribution in [0.4, 0.5) is 4.79 Å². The molecule has 118 valence electrons. The molecular formula is C16H24INO3. The molecule has 5 heteroatoms. The van der Waals surface area contributed by atoms with Crippen LogP contribution in [0.5, 0.6) is 5.75 Å². The van der Waals surface area contributed by atoms with Crippen molar-refractivity contribution in [3.8, 4) is 5.75 Å². The van der Waals surface area contributed by atoms with E-state index in [1.165, 1.54) is 0 Å². The fourth-order valence-electron chi connectivity index (χ4n) is 1.86. The number of amides is 1. The third-order valence-electron chi connectivity index (χ3n) is 2.73. The fourth-order valence-corrected chi connectivity index (χ4v) is 2.66. The van der Waals surface area contributed by atoms with E-state index in [0.717, 1.165) is 21.3 Å². The molecule has 1 aromatic rings. The van der Waals surface area contributed by atoms with Gasteiger partial charge in [0.2, 0.25) is 0 Å². The van der Waals surface area contributed by atoms with Crippen molar-refractivity contribution in [3.63, 3.8) is 0 Å². The number of hydrogen-bond donors (Lipinski definition) is 0. The van der Waals surface area contributed by atoms with E-state index in [4.69, 9.17) is 9.47 Å². The van der Waals surface area contributed by atoms with Crippen LogP contribution in [0, 0.1) is 3.57 Å². The normalized spacial score (nSPS) is 11.1. The number of carbonyl (C=O) groups is 1. The topological polar surface area (TPSA) is 38.8 Å². The van der Waals surface area contributed by atoms with E-state index in [9.17, 15) is 4.79 Å². The van der Waals surface area contributed by atoms with Crippen LogP contribution < -0.4 is 4.74 Å². The smallest absolute Gasteiger partial charge is 0.410 e. The minimum absolute atomic E-state index is 0.268. The van der Waals surface area contributed by atoms with E-state index in [1.54, 1.807) is 12.0 Å². The highest BCUT2D eigenvalue weighted by atomic mass is 127. The van der Waals surface area contributed by atoms with Crippen molar-refractivity contribution in [2.45, 2.75) is 46.3 Å². The predicted octanol–water partition coefficient (Wildman–Crippen LogP) is 4.45. The first-order chi connectivity index (χ1) is 9.76. The molecule has 0 N–H and O–H groups in total. The average Bonchev–Trinajstić information content (AvgIpc) is 2.36. The second-order valence-corrected chi connectivity index (χ2v) is 7.03. The average molecular weight is 405 g/mol. The summed E-state index contributed by atoms with van der Waals surface area (Å²) in [4.78, 5) is 14.0. The minimum atomic E-state index is -0.475. The number of carbonyl (C=O) groups excluding carboxylic acids is 1. The van der Waals surface area contributed by atoms with Gasteiger partial charge in [0, 0.05) is 13.1 Å². The fraction of sp³-hybridized carbons (Fsp3) is 0.562. The molecule has 0 bridgehead atoms. The number of nitrogens with zero attached hydrogens (tertiary/aromatic N) is 1. The molecule has 1 amide bonds. The van der Waals surface area contributed by atoms with Crippen LogP contribution in [0.2, 0.25) is 0 Å². The zero-order chi connectivity index (χ0) is 16.0. The molecule has 0 unspecified atom stereocenters. The number of hydrogen-bond acceptors (Lipinski definition) is 3. The van der Waals surface area contributed by atoms with Crippen molar-refractivity contribution in [2.24, 2.45) is 0 Å². The van der Waals surface area contributed by atoms with Gasteiger partial charge in [-0.1, -0.05) is 13.0 Å². The summed E-state index contributed by atoms with van der Waals surface area (Å²) in [5.74, 6) is 0.846. The van der Waals surface area contributed by atoms with E-state index < -0.39 is 5.60 Å². The Balaban J connectivity index is 2.83. The van der Waals surface area contributed by atoms with Crippen LogP contribution >= 0.6 is 22.6 Å². The molecule has 21 heavy (non-hydrogen) atoms. The van der Waals surface area contributed by atoms with Gasteiger partial charge in [-0.05, 0) is 67.5 Å². The highest BCUT2D eigenvalue weighted by Crippen LogP contribution is 2.22. The summed E-state index contributed by atoms with van der Waals surface area (Å²) in [7, 11) is 1.65. The summed E-state index contributed by atoms with van der Waals surface area (Å²) in [6, 6.07) is 5.94. The molecule has 0 saturated heterocycles. The lowest BCUT2D eigenvalue weighted by Gasteiger charge is -2.27. The molecule has 1 aromatic carbocycles. The van der Waals surface area contributed by atoms with Gasteiger partial charge < -0.3 is 14.4 Å². The van der Waals surface area contributed by atoms with Crippen molar-refractivity contribution in [1.82, 2.24) is 4.90 Å². The zero-order valence-electron chi connectivity index (χ0n) is 13.4. The molecule has 0 atom stereocenters. The summed E-state index contributed by atoms with van der Waals surface area (Å²) in [6.07, 6.45) is 0.627. The predicted molar refractivity (Wildman–Crippen MR) is 92.6 cm³/mol. The van der Waals surface area contributed by atoms with Crippen LogP contribution in [0.1, 0.15) is 39.7 Å². The van der Waals surface area contributed by atoms with Gasteiger partial charge in [-0.3, -0.25) is 0 Å². The number of methoxy groups -OCH3 is 1. The van der Waals surface area contributed by atoms with E-state index in [1.807, 2.05) is 39.0 Å². The lowest BCUT2D eigenvalue weighted by atomic mass is 10.2. The van der Waals surface area contributed by atoms with Crippen LogP contribution in [0.3, 0.4) is 0 Å². The number of halogens is 1. The summed E-state index contributed by atoms with van der Waals surface area (Å²) < 4.78 is 11.7. The Bertz CT molecular complexity index is 483. The maximum atomic E-state index is 12.2. The molecule has 0 aliphatic heterocycles. The molecule has 0 radical (unpaired) electrons. The van der Waals surface area contributed by atoms with Crippen LogP contribution in [-0.2, 0) is 11.3 Å². The monoisotopic (exact) mass is 405 g/mol. The Morgan fingerprint density at radius 1 is 1.33 bits per heavy atom. The van der Waals surface area contributed by atoms with E-state index in [-0.39, 0.29) is 6.09 Å². The van der Waals surface area contributed by atoms with Crippen LogP contribution in [0.25, 0.3) is 0 Å². The van der Waals surface area contributed by atoms with E-state index in [0.29, 0.717) is 13.1 Å². The third-order valence-corrected chi connectivity index (χ3v) is 3.58. The van der Waals surface area contributed by atoms with Crippen molar-refractivity contribution in [1.29, 1.82) is 0 Å². The highest BCUT2D eigenvalue weighted by molar-refractivity contribution is 14.1. The van der Waals surface area contributed by atoms with Gasteiger partial charge in [0.15, 0.2) is 0 Å². The molecule has 4 nitrogen and oxygen atoms in total. The third kappa shape index (κ3) is 6.11. The van der Waals surface area contributed by atoms with Crippen molar-refractivity contribution < 1.29 is 14.3 Å². The maximum Gasteiger partial charge on any atom is 0.410 e. The first-order valence-corrected chi connectivity index (χ1v) is 8.15. The second-order valence-electron chi connectivity index (χ2n) is 5.87. The summed E-state index contributed by atoms with van der Waals surface area (Å²) in [5, 5.41) is 0. The first kappa shape index (κ1) is 18.1. The van der Waals surface area contributed by atoms with Crippen molar-refractivity contribution in [2.75, 3.05) is 13.7 Å². The highest BCUT2D eigenvalue weighted by Gasteiger charge is 2.21. The molecule has 0 aliphatic rings. The molecule has 0 fully saturated rings. The standard InChI is InChI=1S/C16H24INO3/c1-6-9-18(15(19)21-16(2,3)4)11-12-7-8-14(20-5)13(17)10-12/h7-8,10H,6,9,11H2,1-5H3. The minimum Gasteiger partial charge on any atom is -0.496 e. The quantitative estimate of drug-likeness (QED) is 0.680. The number of rotatable bonds is 5. The van der Waals surface area contributed by atoms with Gasteiger partial charge in [0.1, 0.15) is 11.4 Å². The van der Waals surface area contributed by atoms with Gasteiger partial charge in [0.05, 0.1) is 10.7 Å². The van der Waals surface area contributed by atoms with Crippen LogP contribution in [-0.4, -0.2) is 30.2 Å². The SMILES string of the molecule is CCCN(Cc1ccc(OC)c(I)c1)C(=O)OC(C)(C)C. The lowest BCUT2D eigenvalue weighted by Crippen LogP contribution is -2.36. The molecule has 0 aliphatic carbocycles. The molecule has 0 heterocycles. The van der Waals surface area contributed by atoms with E-state index in [2.05, 4.69) is 29.5 Å². The summed E-state index contributed by atoms with van der Waals surface area (Å²) in [5.41, 5.74) is 0.594. The van der Waals surface area contributed by atoms with Gasteiger partial charge in [-0.15, -0.1) is 0 Å². The molecular weight excluding hydrogens is 381 g/mol. The summed E-state index contributed by atoms with van der Waals surface area (Å²) >= 11 is 2.23. The van der Waals surface area contributed by atoms with Gasteiger partial charge in [-0.25, -0.2) is 4.79 Å². The largest absolute Gasteiger partial charge is 0.496 e.